The molecule has 0 aliphatic rings. The Bertz CT molecular complexity index is 2220. The summed E-state index contributed by atoms with van der Waals surface area (Å²) < 4.78 is 48.6. The highest BCUT2D eigenvalue weighted by Crippen LogP contribution is 2.35. The second-order valence-corrected chi connectivity index (χ2v) is 16.3. The number of unbranched alkanes of at least 4 members (excludes halogenated alkanes) is 1. The number of nitrogens with two attached hydrogens (primary N) is 1. The topological polar surface area (TPSA) is 185 Å². The Hall–Kier alpha value is -5.85. The summed E-state index contributed by atoms with van der Waals surface area (Å²) in [4.78, 5) is 26.8. The van der Waals surface area contributed by atoms with Gasteiger partial charge in [0.1, 0.15) is 29.0 Å². The fourth-order valence-corrected chi connectivity index (χ4v) is 7.24. The van der Waals surface area contributed by atoms with Gasteiger partial charge in [-0.3, -0.25) is 4.79 Å². The number of rotatable bonds is 21. The van der Waals surface area contributed by atoms with Crippen LogP contribution in [0.2, 0.25) is 0 Å². The second-order valence-electron chi connectivity index (χ2n) is 13.6. The SMILES string of the molecule is CCCCC(CC)COC(=O)CCSc1cnc(N)c(Oc2ccc(F)cc2)c1.COCC(C)Sc1cnc(Nc2ccc(-c3nnn[nH]3)cn2)c(Oc2ccc(F)cc2)c1. The van der Waals surface area contributed by atoms with Crippen LogP contribution in [0.4, 0.5) is 26.2 Å². The van der Waals surface area contributed by atoms with Crippen molar-refractivity contribution in [1.82, 2.24) is 35.6 Å². The fraction of sp³-hybridized carbons (Fsp3) is 0.326. The fourth-order valence-electron chi connectivity index (χ4n) is 5.46. The summed E-state index contributed by atoms with van der Waals surface area (Å²) in [6.07, 6.45) is 9.81. The lowest BCUT2D eigenvalue weighted by atomic mass is 10.0. The van der Waals surface area contributed by atoms with E-state index in [9.17, 15) is 13.6 Å². The summed E-state index contributed by atoms with van der Waals surface area (Å²) in [6.45, 7) is 7.47. The summed E-state index contributed by atoms with van der Waals surface area (Å²) in [5.74, 6) is 3.80. The number of thioether (sulfide) groups is 2. The van der Waals surface area contributed by atoms with Crippen molar-refractivity contribution in [2.24, 2.45) is 5.92 Å². The quantitative estimate of drug-likeness (QED) is 0.0458. The number of methoxy groups -OCH3 is 1. The van der Waals surface area contributed by atoms with E-state index in [4.69, 9.17) is 24.7 Å². The summed E-state index contributed by atoms with van der Waals surface area (Å²) in [5, 5.41) is 17.1. The van der Waals surface area contributed by atoms with E-state index < -0.39 is 0 Å². The first kappa shape index (κ1) is 46.2. The van der Waals surface area contributed by atoms with Crippen molar-refractivity contribution >= 4 is 46.9 Å². The number of carbonyl (C=O) groups is 1. The van der Waals surface area contributed by atoms with Crippen LogP contribution in [0, 0.1) is 17.6 Å². The number of carbonyl (C=O) groups excluding carboxylic acids is 1. The number of pyridine rings is 3. The van der Waals surface area contributed by atoms with E-state index in [1.807, 2.05) is 12.1 Å². The van der Waals surface area contributed by atoms with E-state index in [-0.39, 0.29) is 28.7 Å². The molecule has 322 valence electrons. The first-order valence-electron chi connectivity index (χ1n) is 19.7. The normalized spacial score (nSPS) is 11.8. The lowest BCUT2D eigenvalue weighted by Gasteiger charge is -2.15. The number of aromatic nitrogens is 7. The van der Waals surface area contributed by atoms with Gasteiger partial charge in [0.15, 0.2) is 29.0 Å². The number of H-pyrrole nitrogens is 1. The van der Waals surface area contributed by atoms with Crippen LogP contribution in [0.15, 0.2) is 101 Å². The number of nitrogen functional groups attached to an aromatic ring is 1. The van der Waals surface area contributed by atoms with Gasteiger partial charge in [0.2, 0.25) is 0 Å². The standard InChI is InChI=1S/C22H29FN2O3S.C21H20FN7O2S/c1-3-5-6-16(4-2)15-27-21(26)11-12-29-19-13-20(22(24)25-14-19)28-18-9-7-17(23)8-10-18;1-13(12-30-2)32-17-9-18(31-16-6-4-15(22)5-7-16)21(24-11-17)25-19-8-3-14(10-23-19)20-26-28-29-27-20/h7-10,13-14,16H,3-6,11-12,15H2,1-2H3,(H2,24,25);3-11,13H,12H2,1-2H3,(H,23,24,25)(H,26,27,28,29). The molecule has 0 saturated carbocycles. The number of benzene rings is 2. The Labute approximate surface area is 362 Å². The van der Waals surface area contributed by atoms with Crippen molar-refractivity contribution in [3.63, 3.8) is 0 Å². The molecule has 0 saturated heterocycles. The molecule has 6 rings (SSSR count). The Morgan fingerprint density at radius 2 is 1.56 bits per heavy atom. The lowest BCUT2D eigenvalue weighted by Crippen LogP contribution is -2.14. The zero-order chi connectivity index (χ0) is 43.4. The molecule has 2 unspecified atom stereocenters. The maximum absolute atomic E-state index is 13.3. The Balaban J connectivity index is 0.000000232. The molecule has 0 fully saturated rings. The molecule has 4 heterocycles. The highest BCUT2D eigenvalue weighted by atomic mass is 32.2. The predicted molar refractivity (Wildman–Crippen MR) is 233 cm³/mol. The molecule has 0 amide bonds. The van der Waals surface area contributed by atoms with Gasteiger partial charge < -0.3 is 30.0 Å². The van der Waals surface area contributed by atoms with Crippen LogP contribution in [0.3, 0.4) is 0 Å². The minimum Gasteiger partial charge on any atom is -0.465 e. The number of esters is 1. The first-order chi connectivity index (χ1) is 29.6. The third kappa shape index (κ3) is 15.6. The molecular formula is C43H49F2N9O5S2. The van der Waals surface area contributed by atoms with E-state index in [0.717, 1.165) is 34.6 Å². The minimum absolute atomic E-state index is 0.182. The average Bonchev–Trinajstić information content (AvgIpc) is 3.81. The van der Waals surface area contributed by atoms with E-state index in [1.165, 1.54) is 54.6 Å². The summed E-state index contributed by atoms with van der Waals surface area (Å²) in [5.41, 5.74) is 6.61. The van der Waals surface area contributed by atoms with Gasteiger partial charge in [0.05, 0.1) is 19.6 Å². The molecule has 6 aromatic rings. The van der Waals surface area contributed by atoms with Crippen molar-refractivity contribution in [3.8, 4) is 34.4 Å². The maximum Gasteiger partial charge on any atom is 0.306 e. The number of tetrazole rings is 1. The molecule has 0 aliphatic heterocycles. The molecule has 0 bridgehead atoms. The number of nitrogens with one attached hydrogen (secondary N) is 2. The highest BCUT2D eigenvalue weighted by molar-refractivity contribution is 8.00. The highest BCUT2D eigenvalue weighted by Gasteiger charge is 2.14. The van der Waals surface area contributed by atoms with Crippen molar-refractivity contribution in [1.29, 1.82) is 0 Å². The van der Waals surface area contributed by atoms with Gasteiger partial charge in [0.25, 0.3) is 0 Å². The van der Waals surface area contributed by atoms with Crippen molar-refractivity contribution in [2.75, 3.05) is 37.1 Å². The average molecular weight is 874 g/mol. The number of aromatic amines is 1. The second kappa shape index (κ2) is 24.4. The van der Waals surface area contributed by atoms with Gasteiger partial charge in [-0.05, 0) is 95.6 Å². The summed E-state index contributed by atoms with van der Waals surface area (Å²) in [7, 11) is 1.67. The molecule has 2 aromatic carbocycles. The van der Waals surface area contributed by atoms with Crippen LogP contribution in [0.25, 0.3) is 11.4 Å². The minimum atomic E-state index is -0.338. The molecular weight excluding hydrogens is 825 g/mol. The van der Waals surface area contributed by atoms with Crippen molar-refractivity contribution < 1.29 is 32.5 Å². The molecule has 18 heteroatoms. The van der Waals surface area contributed by atoms with E-state index in [2.05, 4.69) is 61.7 Å². The Morgan fingerprint density at radius 3 is 2.18 bits per heavy atom. The van der Waals surface area contributed by atoms with Gasteiger partial charge in [-0.25, -0.2) is 28.8 Å². The third-order valence-corrected chi connectivity index (χ3v) is 10.7. The summed E-state index contributed by atoms with van der Waals surface area (Å²) >= 11 is 3.10. The van der Waals surface area contributed by atoms with Crippen LogP contribution in [-0.4, -0.2) is 72.9 Å². The molecule has 0 aliphatic carbocycles. The first-order valence-corrected chi connectivity index (χ1v) is 21.5. The van der Waals surface area contributed by atoms with Crippen LogP contribution >= 0.6 is 23.5 Å². The third-order valence-electron chi connectivity index (χ3n) is 8.73. The molecule has 14 nitrogen and oxygen atoms in total. The number of halogens is 2. The van der Waals surface area contributed by atoms with Gasteiger partial charge >= 0.3 is 5.97 Å². The van der Waals surface area contributed by atoms with Gasteiger partial charge in [-0.15, -0.1) is 28.6 Å². The largest absolute Gasteiger partial charge is 0.465 e. The van der Waals surface area contributed by atoms with Gasteiger partial charge in [-0.2, -0.15) is 0 Å². The smallest absolute Gasteiger partial charge is 0.306 e. The molecule has 4 aromatic heterocycles. The zero-order valence-corrected chi connectivity index (χ0v) is 36.0. The van der Waals surface area contributed by atoms with E-state index in [0.29, 0.717) is 71.8 Å². The number of ether oxygens (including phenoxy) is 4. The lowest BCUT2D eigenvalue weighted by molar-refractivity contribution is -0.144. The zero-order valence-electron chi connectivity index (χ0n) is 34.3. The molecule has 2 atom stereocenters. The predicted octanol–water partition coefficient (Wildman–Crippen LogP) is 10.3. The maximum atomic E-state index is 13.3. The Kier molecular flexibility index (Phi) is 18.5. The monoisotopic (exact) mass is 873 g/mol. The van der Waals surface area contributed by atoms with Crippen molar-refractivity contribution in [3.05, 3.63) is 103 Å². The number of nitrogens with zero attached hydrogens (tertiary/aromatic N) is 6. The molecule has 4 N–H and O–H groups in total. The van der Waals surface area contributed by atoms with E-state index >= 15 is 0 Å². The molecule has 61 heavy (non-hydrogen) atoms. The summed E-state index contributed by atoms with van der Waals surface area (Å²) in [6, 6.07) is 18.7. The van der Waals surface area contributed by atoms with Crippen LogP contribution in [0.5, 0.6) is 23.0 Å². The Morgan fingerprint density at radius 1 is 0.869 bits per heavy atom. The number of hydrogen-bond donors (Lipinski definition) is 3. The number of hydrogen-bond acceptors (Lipinski definition) is 15. The van der Waals surface area contributed by atoms with Crippen LogP contribution in [0.1, 0.15) is 52.9 Å². The molecule has 0 radical (unpaired) electrons. The number of anilines is 3. The molecule has 0 spiro atoms. The van der Waals surface area contributed by atoms with Crippen LogP contribution < -0.4 is 20.5 Å². The van der Waals surface area contributed by atoms with Gasteiger partial charge in [-0.1, -0.05) is 40.0 Å². The van der Waals surface area contributed by atoms with Crippen LogP contribution in [-0.2, 0) is 14.3 Å². The van der Waals surface area contributed by atoms with Gasteiger partial charge in [0, 0.05) is 52.1 Å². The van der Waals surface area contributed by atoms with Crippen molar-refractivity contribution in [2.45, 2.75) is 67.9 Å². The van der Waals surface area contributed by atoms with E-state index in [1.54, 1.807) is 61.7 Å².